The van der Waals surface area contributed by atoms with Gasteiger partial charge in [0, 0.05) is 12.2 Å². The van der Waals surface area contributed by atoms with Crippen LogP contribution in [0.15, 0.2) is 18.2 Å². The Morgan fingerprint density at radius 3 is 2.60 bits per heavy atom. The molecule has 0 fully saturated rings. The minimum Gasteiger partial charge on any atom is -0.493 e. The highest BCUT2D eigenvalue weighted by Crippen LogP contribution is 2.27. The minimum absolute atomic E-state index is 0.0327. The molecule has 3 N–H and O–H groups in total. The summed E-state index contributed by atoms with van der Waals surface area (Å²) in [5.74, 6) is 0.829. The van der Waals surface area contributed by atoms with Crippen LogP contribution in [0.3, 0.4) is 0 Å². The van der Waals surface area contributed by atoms with E-state index < -0.39 is 0 Å². The van der Waals surface area contributed by atoms with E-state index in [0.717, 1.165) is 0 Å². The number of carbonyl (C=O) groups excluding carboxylic acids is 1. The predicted octanol–water partition coefficient (Wildman–Crippen LogP) is 3.08. The molecule has 1 rings (SSSR count). The van der Waals surface area contributed by atoms with Gasteiger partial charge in [-0.2, -0.15) is 0 Å². The first-order chi connectivity index (χ1) is 9.29. The summed E-state index contributed by atoms with van der Waals surface area (Å²) in [5, 5.41) is 2.96. The molecule has 0 heterocycles. The van der Waals surface area contributed by atoms with Crippen molar-refractivity contribution in [2.75, 3.05) is 18.9 Å². The third kappa shape index (κ3) is 3.89. The van der Waals surface area contributed by atoms with Crippen molar-refractivity contribution < 1.29 is 9.53 Å². The van der Waals surface area contributed by atoms with Crippen molar-refractivity contribution in [1.29, 1.82) is 0 Å². The standard InChI is InChI=1S/C16H26N2O2/c1-6-20-13-9-7-8-12(17)14(13)15(19)18-10-16(4,5)11(2)3/h7-9,11H,6,10,17H2,1-5H3,(H,18,19). The molecule has 1 amide bonds. The molecule has 112 valence electrons. The average Bonchev–Trinajstić information content (AvgIpc) is 2.36. The maximum atomic E-state index is 12.4. The van der Waals surface area contributed by atoms with Crippen LogP contribution in [0.25, 0.3) is 0 Å². The van der Waals surface area contributed by atoms with Crippen LogP contribution >= 0.6 is 0 Å². The summed E-state index contributed by atoms with van der Waals surface area (Å²) in [6.45, 7) is 11.5. The van der Waals surface area contributed by atoms with Gasteiger partial charge in [0.1, 0.15) is 11.3 Å². The summed E-state index contributed by atoms with van der Waals surface area (Å²) < 4.78 is 5.48. The number of benzene rings is 1. The molecular formula is C16H26N2O2. The fourth-order valence-electron chi connectivity index (χ4n) is 1.67. The van der Waals surface area contributed by atoms with E-state index in [4.69, 9.17) is 10.5 Å². The Balaban J connectivity index is 2.88. The fraction of sp³-hybridized carbons (Fsp3) is 0.562. The molecule has 0 aliphatic rings. The van der Waals surface area contributed by atoms with Gasteiger partial charge in [-0.3, -0.25) is 4.79 Å². The first kappa shape index (κ1) is 16.3. The lowest BCUT2D eigenvalue weighted by atomic mass is 9.81. The SMILES string of the molecule is CCOc1cccc(N)c1C(=O)NCC(C)(C)C(C)C. The Labute approximate surface area is 121 Å². The van der Waals surface area contributed by atoms with E-state index in [1.54, 1.807) is 18.2 Å². The Morgan fingerprint density at radius 1 is 1.40 bits per heavy atom. The summed E-state index contributed by atoms with van der Waals surface area (Å²) in [7, 11) is 0. The molecule has 0 spiro atoms. The molecule has 0 unspecified atom stereocenters. The number of rotatable bonds is 6. The number of nitrogens with one attached hydrogen (secondary N) is 1. The quantitative estimate of drug-likeness (QED) is 0.786. The zero-order chi connectivity index (χ0) is 15.3. The van der Waals surface area contributed by atoms with Gasteiger partial charge < -0.3 is 15.8 Å². The second-order valence-corrected chi connectivity index (χ2v) is 5.98. The molecule has 0 radical (unpaired) electrons. The van der Waals surface area contributed by atoms with E-state index >= 15 is 0 Å². The Morgan fingerprint density at radius 2 is 2.05 bits per heavy atom. The highest BCUT2D eigenvalue weighted by Gasteiger charge is 2.24. The van der Waals surface area contributed by atoms with Gasteiger partial charge in [0.2, 0.25) is 0 Å². The highest BCUT2D eigenvalue weighted by atomic mass is 16.5. The fourth-order valence-corrected chi connectivity index (χ4v) is 1.67. The second kappa shape index (κ2) is 6.64. The number of amides is 1. The molecule has 4 nitrogen and oxygen atoms in total. The molecule has 0 saturated carbocycles. The third-order valence-corrected chi connectivity index (χ3v) is 3.85. The third-order valence-electron chi connectivity index (χ3n) is 3.85. The van der Waals surface area contributed by atoms with E-state index in [1.807, 2.05) is 6.92 Å². The zero-order valence-electron chi connectivity index (χ0n) is 13.1. The normalized spacial score (nSPS) is 11.5. The van der Waals surface area contributed by atoms with Crippen molar-refractivity contribution in [3.05, 3.63) is 23.8 Å². The number of nitrogens with two attached hydrogens (primary N) is 1. The van der Waals surface area contributed by atoms with E-state index in [0.29, 0.717) is 36.1 Å². The molecule has 0 bridgehead atoms. The molecular weight excluding hydrogens is 252 g/mol. The van der Waals surface area contributed by atoms with E-state index in [1.165, 1.54) is 0 Å². The first-order valence-corrected chi connectivity index (χ1v) is 7.09. The molecule has 20 heavy (non-hydrogen) atoms. The summed E-state index contributed by atoms with van der Waals surface area (Å²) in [4.78, 5) is 12.4. The van der Waals surface area contributed by atoms with Gasteiger partial charge in [-0.25, -0.2) is 0 Å². The van der Waals surface area contributed by atoms with Gasteiger partial charge in [0.15, 0.2) is 0 Å². The van der Waals surface area contributed by atoms with Gasteiger partial charge >= 0.3 is 0 Å². The highest BCUT2D eigenvalue weighted by molar-refractivity contribution is 6.01. The largest absolute Gasteiger partial charge is 0.493 e. The van der Waals surface area contributed by atoms with Crippen molar-refractivity contribution >= 4 is 11.6 Å². The first-order valence-electron chi connectivity index (χ1n) is 7.09. The molecule has 0 aliphatic carbocycles. The van der Waals surface area contributed by atoms with E-state index in [2.05, 4.69) is 33.0 Å². The number of nitrogen functional groups attached to an aromatic ring is 1. The van der Waals surface area contributed by atoms with Gasteiger partial charge in [0.25, 0.3) is 5.91 Å². The smallest absolute Gasteiger partial charge is 0.257 e. The number of anilines is 1. The predicted molar refractivity (Wildman–Crippen MR) is 83.0 cm³/mol. The average molecular weight is 278 g/mol. The number of ether oxygens (including phenoxy) is 1. The summed E-state index contributed by atoms with van der Waals surface area (Å²) in [6, 6.07) is 5.27. The number of hydrogen-bond donors (Lipinski definition) is 2. The number of hydrogen-bond acceptors (Lipinski definition) is 3. The number of carbonyl (C=O) groups is 1. The lowest BCUT2D eigenvalue weighted by Crippen LogP contribution is -2.37. The minimum atomic E-state index is -0.180. The molecule has 1 aromatic carbocycles. The molecule has 1 aromatic rings. The molecule has 4 heteroatoms. The molecule has 0 aliphatic heterocycles. The maximum absolute atomic E-state index is 12.4. The lowest BCUT2D eigenvalue weighted by Gasteiger charge is -2.29. The molecule has 0 saturated heterocycles. The van der Waals surface area contributed by atoms with E-state index in [9.17, 15) is 4.79 Å². The lowest BCUT2D eigenvalue weighted by molar-refractivity contribution is 0.0922. The van der Waals surface area contributed by atoms with Crippen molar-refractivity contribution in [3.63, 3.8) is 0 Å². The monoisotopic (exact) mass is 278 g/mol. The van der Waals surface area contributed by atoms with Crippen LogP contribution < -0.4 is 15.8 Å². The zero-order valence-corrected chi connectivity index (χ0v) is 13.1. The van der Waals surface area contributed by atoms with Gasteiger partial charge in [0.05, 0.1) is 6.61 Å². The van der Waals surface area contributed by atoms with Crippen LogP contribution in [0.2, 0.25) is 0 Å². The summed E-state index contributed by atoms with van der Waals surface area (Å²) in [5.41, 5.74) is 6.81. The van der Waals surface area contributed by atoms with Crippen LogP contribution in [0.1, 0.15) is 45.0 Å². The topological polar surface area (TPSA) is 64.3 Å². The Kier molecular flexibility index (Phi) is 5.43. The van der Waals surface area contributed by atoms with Crippen molar-refractivity contribution in [1.82, 2.24) is 5.32 Å². The van der Waals surface area contributed by atoms with Crippen LogP contribution in [0.4, 0.5) is 5.69 Å². The van der Waals surface area contributed by atoms with Crippen LogP contribution in [-0.4, -0.2) is 19.1 Å². The summed E-state index contributed by atoms with van der Waals surface area (Å²) >= 11 is 0. The van der Waals surface area contributed by atoms with Crippen LogP contribution in [0, 0.1) is 11.3 Å². The second-order valence-electron chi connectivity index (χ2n) is 5.98. The maximum Gasteiger partial charge on any atom is 0.257 e. The van der Waals surface area contributed by atoms with Crippen molar-refractivity contribution in [2.45, 2.75) is 34.6 Å². The molecule has 0 atom stereocenters. The Hall–Kier alpha value is -1.71. The van der Waals surface area contributed by atoms with E-state index in [-0.39, 0.29) is 11.3 Å². The van der Waals surface area contributed by atoms with Gasteiger partial charge in [-0.1, -0.05) is 33.8 Å². The van der Waals surface area contributed by atoms with Crippen molar-refractivity contribution in [2.24, 2.45) is 11.3 Å². The Bertz CT molecular complexity index is 468. The van der Waals surface area contributed by atoms with Crippen LogP contribution in [-0.2, 0) is 0 Å². The van der Waals surface area contributed by atoms with Crippen LogP contribution in [0.5, 0.6) is 5.75 Å². The van der Waals surface area contributed by atoms with Crippen molar-refractivity contribution in [3.8, 4) is 5.75 Å². The van der Waals surface area contributed by atoms with Gasteiger partial charge in [-0.05, 0) is 30.4 Å². The molecule has 0 aromatic heterocycles. The van der Waals surface area contributed by atoms with Gasteiger partial charge in [-0.15, -0.1) is 0 Å². The summed E-state index contributed by atoms with van der Waals surface area (Å²) in [6.07, 6.45) is 0.